The highest BCUT2D eigenvalue weighted by Crippen LogP contribution is 2.41. The van der Waals surface area contributed by atoms with E-state index in [-0.39, 0.29) is 0 Å². The first-order valence-corrected chi connectivity index (χ1v) is 16.2. The van der Waals surface area contributed by atoms with Gasteiger partial charge in [0, 0.05) is 34.9 Å². The van der Waals surface area contributed by atoms with Crippen molar-refractivity contribution in [3.63, 3.8) is 0 Å². The molecule has 2 nitrogen and oxygen atoms in total. The van der Waals surface area contributed by atoms with Crippen LogP contribution in [0.4, 0.5) is 11.4 Å². The summed E-state index contributed by atoms with van der Waals surface area (Å²) in [6.07, 6.45) is 0. The van der Waals surface area contributed by atoms with Crippen LogP contribution in [0, 0.1) is 0 Å². The number of nitrogens with zero attached hydrogens (tertiary/aromatic N) is 2. The number of anilines is 2. The van der Waals surface area contributed by atoms with Crippen LogP contribution in [0.15, 0.2) is 176 Å². The highest BCUT2D eigenvalue weighted by atomic mass is 15.1. The van der Waals surface area contributed by atoms with Gasteiger partial charge in [0.15, 0.2) is 0 Å². The maximum atomic E-state index is 2.44. The van der Waals surface area contributed by atoms with Crippen molar-refractivity contribution in [1.82, 2.24) is 4.57 Å². The van der Waals surface area contributed by atoms with Gasteiger partial charge >= 0.3 is 0 Å². The lowest BCUT2D eigenvalue weighted by atomic mass is 9.96. The number of fused-ring (bicyclic) bond motifs is 5. The molecule has 222 valence electrons. The summed E-state index contributed by atoms with van der Waals surface area (Å²) in [5.41, 5.74) is 10.8. The number of hydrogen-bond donors (Lipinski definition) is 0. The van der Waals surface area contributed by atoms with E-state index in [2.05, 4.69) is 192 Å². The summed E-state index contributed by atoms with van der Waals surface area (Å²) in [7, 11) is 2.11. The summed E-state index contributed by atoms with van der Waals surface area (Å²) in [5.74, 6) is 0. The monoisotopic (exact) mass is 600 g/mol. The van der Waals surface area contributed by atoms with Gasteiger partial charge in [-0.3, -0.25) is 0 Å². The van der Waals surface area contributed by atoms with E-state index in [0.29, 0.717) is 0 Å². The largest absolute Gasteiger partial charge is 0.345 e. The maximum Gasteiger partial charge on any atom is 0.0547 e. The van der Waals surface area contributed by atoms with Gasteiger partial charge in [-0.1, -0.05) is 121 Å². The lowest BCUT2D eigenvalue weighted by molar-refractivity contribution is 1.19. The molecule has 0 aliphatic carbocycles. The molecule has 9 rings (SSSR count). The molecule has 0 saturated carbocycles. The third kappa shape index (κ3) is 4.65. The Hall–Kier alpha value is -6.12. The minimum Gasteiger partial charge on any atom is -0.345 e. The number of benzene rings is 8. The summed E-state index contributed by atoms with van der Waals surface area (Å²) < 4.78 is 2.44. The zero-order valence-electron chi connectivity index (χ0n) is 26.1. The standard InChI is InChI=1S/C45H32N2/c1-46(38-14-3-2-4-15-38)39-25-22-33(23-26-39)32-18-20-34(21-19-32)41-16-9-17-43-45(41)42-29-36-12-7-8-13-37(36)30-44(42)47(43)40-27-24-31-10-5-6-11-35(31)28-40/h2-30H,1H3. The van der Waals surface area contributed by atoms with Gasteiger partial charge < -0.3 is 9.47 Å². The number of aromatic nitrogens is 1. The second-order valence-electron chi connectivity index (χ2n) is 12.3. The van der Waals surface area contributed by atoms with E-state index in [0.717, 1.165) is 0 Å². The Morgan fingerprint density at radius 3 is 1.70 bits per heavy atom. The average Bonchev–Trinajstić information content (AvgIpc) is 3.47. The number of hydrogen-bond acceptors (Lipinski definition) is 1. The Balaban J connectivity index is 1.16. The molecule has 0 aliphatic rings. The van der Waals surface area contributed by atoms with E-state index in [1.807, 2.05) is 0 Å². The van der Waals surface area contributed by atoms with Gasteiger partial charge in [0.05, 0.1) is 11.0 Å². The normalized spacial score (nSPS) is 11.5. The summed E-state index contributed by atoms with van der Waals surface area (Å²) in [5, 5.41) is 7.54. The molecule has 0 aliphatic heterocycles. The Kier molecular flexibility index (Phi) is 6.39. The molecule has 47 heavy (non-hydrogen) atoms. The van der Waals surface area contributed by atoms with Crippen molar-refractivity contribution in [2.45, 2.75) is 0 Å². The van der Waals surface area contributed by atoms with Crippen molar-refractivity contribution < 1.29 is 0 Å². The van der Waals surface area contributed by atoms with E-state index in [9.17, 15) is 0 Å². The first kappa shape index (κ1) is 27.2. The van der Waals surface area contributed by atoms with E-state index in [1.165, 1.54) is 82.7 Å². The first-order chi connectivity index (χ1) is 23.2. The van der Waals surface area contributed by atoms with Crippen LogP contribution in [0.3, 0.4) is 0 Å². The fourth-order valence-electron chi connectivity index (χ4n) is 7.11. The van der Waals surface area contributed by atoms with Crippen LogP contribution in [0.5, 0.6) is 0 Å². The Bertz CT molecular complexity index is 2560. The zero-order chi connectivity index (χ0) is 31.3. The quantitative estimate of drug-likeness (QED) is 0.191. The van der Waals surface area contributed by atoms with Crippen LogP contribution in [0.2, 0.25) is 0 Å². The molecule has 0 atom stereocenters. The molecule has 1 aromatic heterocycles. The molecule has 0 bridgehead atoms. The van der Waals surface area contributed by atoms with Crippen LogP contribution in [0.25, 0.3) is 71.3 Å². The Morgan fingerprint density at radius 1 is 0.404 bits per heavy atom. The van der Waals surface area contributed by atoms with E-state index in [4.69, 9.17) is 0 Å². The van der Waals surface area contributed by atoms with E-state index < -0.39 is 0 Å². The van der Waals surface area contributed by atoms with Crippen LogP contribution in [-0.4, -0.2) is 11.6 Å². The predicted octanol–water partition coefficient (Wildman–Crippen LogP) is 12.2. The third-order valence-corrected chi connectivity index (χ3v) is 9.58. The van der Waals surface area contributed by atoms with Crippen molar-refractivity contribution in [3.05, 3.63) is 176 Å². The number of para-hydroxylation sites is 1. The molecular weight excluding hydrogens is 569 g/mol. The minimum atomic E-state index is 1.17. The Morgan fingerprint density at radius 2 is 0.979 bits per heavy atom. The van der Waals surface area contributed by atoms with Gasteiger partial charge in [-0.25, -0.2) is 0 Å². The molecule has 0 spiro atoms. The zero-order valence-corrected chi connectivity index (χ0v) is 26.1. The average molecular weight is 601 g/mol. The molecule has 2 heteroatoms. The topological polar surface area (TPSA) is 8.17 Å². The SMILES string of the molecule is CN(c1ccccc1)c1ccc(-c2ccc(-c3cccc4c3c3cc5ccccc5cc3n4-c3ccc4ccccc4c3)cc2)cc1. The highest BCUT2D eigenvalue weighted by Gasteiger charge is 2.17. The second-order valence-corrected chi connectivity index (χ2v) is 12.3. The van der Waals surface area contributed by atoms with Crippen LogP contribution < -0.4 is 4.90 Å². The fraction of sp³-hybridized carbons (Fsp3) is 0.0222. The van der Waals surface area contributed by atoms with Gasteiger partial charge in [-0.15, -0.1) is 0 Å². The predicted molar refractivity (Wildman–Crippen MR) is 201 cm³/mol. The molecule has 0 unspecified atom stereocenters. The van der Waals surface area contributed by atoms with Crippen molar-refractivity contribution >= 4 is 54.7 Å². The molecule has 0 amide bonds. The van der Waals surface area contributed by atoms with Gasteiger partial charge in [0.1, 0.15) is 0 Å². The summed E-state index contributed by atoms with van der Waals surface area (Å²) in [6, 6.07) is 63.9. The van der Waals surface area contributed by atoms with E-state index >= 15 is 0 Å². The maximum absolute atomic E-state index is 2.44. The highest BCUT2D eigenvalue weighted by molar-refractivity contribution is 6.18. The van der Waals surface area contributed by atoms with Crippen molar-refractivity contribution in [2.75, 3.05) is 11.9 Å². The summed E-state index contributed by atoms with van der Waals surface area (Å²) in [6.45, 7) is 0. The molecule has 0 fully saturated rings. The van der Waals surface area contributed by atoms with Gasteiger partial charge in [0.2, 0.25) is 0 Å². The van der Waals surface area contributed by atoms with Crippen molar-refractivity contribution in [2.24, 2.45) is 0 Å². The fourth-order valence-corrected chi connectivity index (χ4v) is 7.11. The minimum absolute atomic E-state index is 1.17. The molecule has 1 heterocycles. The van der Waals surface area contributed by atoms with Crippen molar-refractivity contribution in [3.8, 4) is 27.9 Å². The second kappa shape index (κ2) is 11.0. The molecule has 0 saturated heterocycles. The summed E-state index contributed by atoms with van der Waals surface area (Å²) in [4.78, 5) is 2.21. The van der Waals surface area contributed by atoms with Crippen LogP contribution in [0.1, 0.15) is 0 Å². The smallest absolute Gasteiger partial charge is 0.0547 e. The first-order valence-electron chi connectivity index (χ1n) is 16.2. The van der Waals surface area contributed by atoms with Gasteiger partial charge in [0.25, 0.3) is 0 Å². The van der Waals surface area contributed by atoms with Gasteiger partial charge in [-0.2, -0.15) is 0 Å². The van der Waals surface area contributed by atoms with Crippen LogP contribution in [-0.2, 0) is 0 Å². The Labute approximate surface area is 274 Å². The van der Waals surface area contributed by atoms with Crippen LogP contribution >= 0.6 is 0 Å². The molecule has 0 radical (unpaired) electrons. The summed E-state index contributed by atoms with van der Waals surface area (Å²) >= 11 is 0. The molecular formula is C45H32N2. The lowest BCUT2D eigenvalue weighted by Crippen LogP contribution is -2.08. The van der Waals surface area contributed by atoms with Gasteiger partial charge in [-0.05, 0) is 98.4 Å². The lowest BCUT2D eigenvalue weighted by Gasteiger charge is -2.19. The van der Waals surface area contributed by atoms with Crippen molar-refractivity contribution in [1.29, 1.82) is 0 Å². The third-order valence-electron chi connectivity index (χ3n) is 9.58. The molecule has 0 N–H and O–H groups in total. The molecule has 9 aromatic rings. The molecule has 8 aromatic carbocycles. The van der Waals surface area contributed by atoms with E-state index in [1.54, 1.807) is 0 Å². The number of rotatable bonds is 5.